The molecule has 1 amide bonds. The molecule has 1 aromatic heterocycles. The molecular weight excluding hydrogens is 419 g/mol. The number of aliphatic carboxylic acids is 1. The SMILES string of the molecule is Cc1nc(CCOc2ccc(CN(CC(=O)O)C(=O)Oc3cccc(F)c3)cc2)c(C)o1. The molecule has 2 aromatic carbocycles. The van der Waals surface area contributed by atoms with Crippen LogP contribution in [0.2, 0.25) is 0 Å². The first-order valence-corrected chi connectivity index (χ1v) is 9.89. The van der Waals surface area contributed by atoms with Crippen LogP contribution >= 0.6 is 0 Å². The summed E-state index contributed by atoms with van der Waals surface area (Å²) in [6.45, 7) is 3.49. The summed E-state index contributed by atoms with van der Waals surface area (Å²) in [6, 6.07) is 12.0. The lowest BCUT2D eigenvalue weighted by atomic mass is 10.2. The van der Waals surface area contributed by atoms with Crippen molar-refractivity contribution in [3.8, 4) is 11.5 Å². The molecule has 9 heteroatoms. The second kappa shape index (κ2) is 10.4. The fourth-order valence-electron chi connectivity index (χ4n) is 3.03. The summed E-state index contributed by atoms with van der Waals surface area (Å²) in [5.41, 5.74) is 1.53. The van der Waals surface area contributed by atoms with Crippen molar-refractivity contribution >= 4 is 12.1 Å². The monoisotopic (exact) mass is 442 g/mol. The predicted octanol–water partition coefficient (Wildman–Crippen LogP) is 4.14. The van der Waals surface area contributed by atoms with Crippen LogP contribution in [0.15, 0.2) is 52.9 Å². The van der Waals surface area contributed by atoms with E-state index in [2.05, 4.69) is 4.98 Å². The molecule has 0 bridgehead atoms. The number of benzene rings is 2. The number of carboxylic acid groups (broad SMARTS) is 1. The van der Waals surface area contributed by atoms with Crippen LogP contribution in [0.1, 0.15) is 22.9 Å². The van der Waals surface area contributed by atoms with Gasteiger partial charge in [0.05, 0.1) is 12.3 Å². The van der Waals surface area contributed by atoms with Gasteiger partial charge in [-0.2, -0.15) is 0 Å². The molecule has 0 atom stereocenters. The zero-order valence-electron chi connectivity index (χ0n) is 17.7. The number of carbonyl (C=O) groups is 2. The van der Waals surface area contributed by atoms with Crippen LogP contribution in [0.25, 0.3) is 0 Å². The van der Waals surface area contributed by atoms with E-state index in [-0.39, 0.29) is 12.3 Å². The molecule has 1 N–H and O–H groups in total. The fraction of sp³-hybridized carbons (Fsp3) is 0.261. The first-order chi connectivity index (χ1) is 15.3. The van der Waals surface area contributed by atoms with Crippen molar-refractivity contribution < 1.29 is 33.0 Å². The Labute approximate surface area is 184 Å². The average Bonchev–Trinajstić information content (AvgIpc) is 3.05. The van der Waals surface area contributed by atoms with Gasteiger partial charge in [-0.15, -0.1) is 0 Å². The van der Waals surface area contributed by atoms with Crippen LogP contribution in [0.3, 0.4) is 0 Å². The Hall–Kier alpha value is -3.88. The maximum absolute atomic E-state index is 13.3. The quantitative estimate of drug-likeness (QED) is 0.531. The van der Waals surface area contributed by atoms with E-state index < -0.39 is 24.4 Å². The normalized spacial score (nSPS) is 10.6. The van der Waals surface area contributed by atoms with E-state index in [1.165, 1.54) is 18.2 Å². The first-order valence-electron chi connectivity index (χ1n) is 9.89. The third-order valence-corrected chi connectivity index (χ3v) is 4.49. The lowest BCUT2D eigenvalue weighted by Gasteiger charge is -2.20. The Kier molecular flexibility index (Phi) is 7.43. The molecular formula is C23H23FN2O6. The van der Waals surface area contributed by atoms with Crippen molar-refractivity contribution in [2.75, 3.05) is 13.2 Å². The van der Waals surface area contributed by atoms with Crippen molar-refractivity contribution in [1.82, 2.24) is 9.88 Å². The van der Waals surface area contributed by atoms with Crippen LogP contribution < -0.4 is 9.47 Å². The summed E-state index contributed by atoms with van der Waals surface area (Å²) in [6.07, 6.45) is -0.292. The lowest BCUT2D eigenvalue weighted by Crippen LogP contribution is -2.37. The second-order valence-electron chi connectivity index (χ2n) is 7.05. The van der Waals surface area contributed by atoms with Crippen LogP contribution in [0.4, 0.5) is 9.18 Å². The number of ether oxygens (including phenoxy) is 2. The second-order valence-corrected chi connectivity index (χ2v) is 7.05. The van der Waals surface area contributed by atoms with E-state index in [0.717, 1.165) is 22.4 Å². The van der Waals surface area contributed by atoms with Crippen molar-refractivity contribution in [3.63, 3.8) is 0 Å². The largest absolute Gasteiger partial charge is 0.493 e. The minimum atomic E-state index is -1.19. The number of hydrogen-bond acceptors (Lipinski definition) is 6. The first kappa shape index (κ1) is 22.8. The standard InChI is InChI=1S/C23H23FN2O6/c1-15-21(25-16(2)31-15)10-11-30-19-8-6-17(7-9-19)13-26(14-22(27)28)23(29)32-20-5-3-4-18(24)12-20/h3-9,12H,10-11,13-14H2,1-2H3,(H,27,28). The van der Waals surface area contributed by atoms with Gasteiger partial charge in [0, 0.05) is 26.0 Å². The topological polar surface area (TPSA) is 102 Å². The number of carbonyl (C=O) groups excluding carboxylic acids is 1. The number of aromatic nitrogens is 1. The Balaban J connectivity index is 1.58. The number of amides is 1. The molecule has 0 saturated heterocycles. The smallest absolute Gasteiger partial charge is 0.416 e. The highest BCUT2D eigenvalue weighted by molar-refractivity contribution is 5.78. The van der Waals surface area contributed by atoms with Gasteiger partial charge in [-0.05, 0) is 36.8 Å². The summed E-state index contributed by atoms with van der Waals surface area (Å²) in [5, 5.41) is 9.14. The maximum atomic E-state index is 13.3. The van der Waals surface area contributed by atoms with E-state index in [1.807, 2.05) is 6.92 Å². The summed E-state index contributed by atoms with van der Waals surface area (Å²) < 4.78 is 29.5. The zero-order valence-corrected chi connectivity index (χ0v) is 17.7. The predicted molar refractivity (Wildman–Crippen MR) is 112 cm³/mol. The third-order valence-electron chi connectivity index (χ3n) is 4.49. The Morgan fingerprint density at radius 2 is 1.88 bits per heavy atom. The van der Waals surface area contributed by atoms with Gasteiger partial charge in [-0.3, -0.25) is 9.69 Å². The molecule has 0 aliphatic rings. The highest BCUT2D eigenvalue weighted by Crippen LogP contribution is 2.17. The van der Waals surface area contributed by atoms with Gasteiger partial charge in [-0.25, -0.2) is 14.2 Å². The highest BCUT2D eigenvalue weighted by atomic mass is 19.1. The number of carboxylic acids is 1. The van der Waals surface area contributed by atoms with Crippen molar-refractivity contribution in [2.45, 2.75) is 26.8 Å². The molecule has 0 aliphatic carbocycles. The van der Waals surface area contributed by atoms with Gasteiger partial charge >= 0.3 is 12.1 Å². The number of nitrogens with zero attached hydrogens (tertiary/aromatic N) is 2. The van der Waals surface area contributed by atoms with E-state index in [1.54, 1.807) is 31.2 Å². The van der Waals surface area contributed by atoms with E-state index in [0.29, 0.717) is 30.2 Å². The van der Waals surface area contributed by atoms with Gasteiger partial charge < -0.3 is 19.0 Å². The van der Waals surface area contributed by atoms with Crippen LogP contribution in [-0.4, -0.2) is 40.2 Å². The fourth-order valence-corrected chi connectivity index (χ4v) is 3.03. The highest BCUT2D eigenvalue weighted by Gasteiger charge is 2.20. The van der Waals surface area contributed by atoms with Crippen molar-refractivity contribution in [2.24, 2.45) is 0 Å². The number of oxazole rings is 1. The summed E-state index contributed by atoms with van der Waals surface area (Å²) in [5.74, 6) is 0.239. The molecule has 3 rings (SSSR count). The Morgan fingerprint density at radius 3 is 2.50 bits per heavy atom. The zero-order chi connectivity index (χ0) is 23.1. The van der Waals surface area contributed by atoms with E-state index in [4.69, 9.17) is 19.0 Å². The van der Waals surface area contributed by atoms with Crippen LogP contribution in [0.5, 0.6) is 11.5 Å². The molecule has 0 spiro atoms. The summed E-state index contributed by atoms with van der Waals surface area (Å²) in [7, 11) is 0. The molecule has 8 nitrogen and oxygen atoms in total. The Morgan fingerprint density at radius 1 is 1.12 bits per heavy atom. The molecule has 32 heavy (non-hydrogen) atoms. The maximum Gasteiger partial charge on any atom is 0.416 e. The van der Waals surface area contributed by atoms with Crippen LogP contribution in [0, 0.1) is 19.7 Å². The van der Waals surface area contributed by atoms with Crippen molar-refractivity contribution in [3.05, 3.63) is 77.3 Å². The van der Waals surface area contributed by atoms with E-state index in [9.17, 15) is 14.0 Å². The van der Waals surface area contributed by atoms with Crippen molar-refractivity contribution in [1.29, 1.82) is 0 Å². The third kappa shape index (κ3) is 6.56. The Bertz CT molecular complexity index is 1080. The van der Waals surface area contributed by atoms with E-state index >= 15 is 0 Å². The van der Waals surface area contributed by atoms with Gasteiger partial charge in [0.15, 0.2) is 5.89 Å². The molecule has 0 unspecified atom stereocenters. The summed E-state index contributed by atoms with van der Waals surface area (Å²) >= 11 is 0. The van der Waals surface area contributed by atoms with Gasteiger partial charge in [-0.1, -0.05) is 18.2 Å². The van der Waals surface area contributed by atoms with Gasteiger partial charge in [0.2, 0.25) is 0 Å². The number of halogens is 1. The van der Waals surface area contributed by atoms with Gasteiger partial charge in [0.1, 0.15) is 29.6 Å². The minimum absolute atomic E-state index is 0.00185. The average molecular weight is 442 g/mol. The number of aryl methyl sites for hydroxylation is 2. The van der Waals surface area contributed by atoms with Crippen LogP contribution in [-0.2, 0) is 17.8 Å². The molecule has 168 valence electrons. The number of rotatable bonds is 9. The lowest BCUT2D eigenvalue weighted by molar-refractivity contribution is -0.138. The molecule has 1 heterocycles. The molecule has 0 saturated carbocycles. The molecule has 0 radical (unpaired) electrons. The number of hydrogen-bond donors (Lipinski definition) is 1. The van der Waals surface area contributed by atoms with Gasteiger partial charge in [0.25, 0.3) is 0 Å². The molecule has 3 aromatic rings. The molecule has 0 fully saturated rings. The minimum Gasteiger partial charge on any atom is -0.493 e. The summed E-state index contributed by atoms with van der Waals surface area (Å²) in [4.78, 5) is 28.9. The molecule has 0 aliphatic heterocycles.